The molecule has 116 valence electrons. The Hall–Kier alpha value is -0.970. The Morgan fingerprint density at radius 2 is 1.90 bits per heavy atom. The maximum absolute atomic E-state index is 6.28. The van der Waals surface area contributed by atoms with Crippen molar-refractivity contribution < 1.29 is 9.47 Å². The summed E-state index contributed by atoms with van der Waals surface area (Å²) < 4.78 is 11.2. The normalized spacial score (nSPS) is 25.9. The Balaban J connectivity index is 1.69. The summed E-state index contributed by atoms with van der Waals surface area (Å²) in [7, 11) is 0. The van der Waals surface area contributed by atoms with Crippen LogP contribution < -0.4 is 14.9 Å². The van der Waals surface area contributed by atoms with E-state index >= 15 is 0 Å². The van der Waals surface area contributed by atoms with Crippen LogP contribution in [0, 0.1) is 0 Å². The number of benzene rings is 1. The quantitative estimate of drug-likeness (QED) is 0.928. The molecule has 1 fully saturated rings. The van der Waals surface area contributed by atoms with Crippen LogP contribution in [0.4, 0.5) is 0 Å². The molecule has 1 aromatic carbocycles. The van der Waals surface area contributed by atoms with Gasteiger partial charge >= 0.3 is 0 Å². The molecule has 0 aliphatic carbocycles. The lowest BCUT2D eigenvalue weighted by Crippen LogP contribution is -2.51. The highest BCUT2D eigenvalue weighted by atomic mass is 35.5. The van der Waals surface area contributed by atoms with Crippen LogP contribution in [0.25, 0.3) is 0 Å². The molecule has 0 radical (unpaired) electrons. The zero-order chi connectivity index (χ0) is 14.8. The number of rotatable bonds is 3. The molecular formula is C16H23ClN2O2. The van der Waals surface area contributed by atoms with Gasteiger partial charge in [-0.3, -0.25) is 5.43 Å². The summed E-state index contributed by atoms with van der Waals surface area (Å²) in [6, 6.07) is 5.12. The van der Waals surface area contributed by atoms with Crippen molar-refractivity contribution in [3.63, 3.8) is 0 Å². The summed E-state index contributed by atoms with van der Waals surface area (Å²) in [4.78, 5) is 0. The highest BCUT2D eigenvalue weighted by Crippen LogP contribution is 2.38. The van der Waals surface area contributed by atoms with Crippen molar-refractivity contribution in [1.82, 2.24) is 10.4 Å². The molecular weight excluding hydrogens is 288 g/mol. The third-order valence-electron chi connectivity index (χ3n) is 4.32. The highest BCUT2D eigenvalue weighted by molar-refractivity contribution is 6.32. The van der Waals surface area contributed by atoms with E-state index in [-0.39, 0.29) is 0 Å². The standard InChI is InChI=1S/C16H23ClN2O2/c1-11-4-3-5-12(2)19(11)18-10-13-8-14(17)16-15(9-13)20-6-7-21-16/h8-9,11-12,18H,3-7,10H2,1-2H3. The fourth-order valence-electron chi connectivity index (χ4n) is 3.18. The fourth-order valence-corrected chi connectivity index (χ4v) is 3.47. The molecule has 2 unspecified atom stereocenters. The van der Waals surface area contributed by atoms with Gasteiger partial charge in [0, 0.05) is 18.6 Å². The highest BCUT2D eigenvalue weighted by Gasteiger charge is 2.24. The van der Waals surface area contributed by atoms with Gasteiger partial charge in [0.05, 0.1) is 5.02 Å². The van der Waals surface area contributed by atoms with Crippen molar-refractivity contribution in [2.24, 2.45) is 0 Å². The van der Waals surface area contributed by atoms with E-state index in [1.807, 2.05) is 12.1 Å². The molecule has 3 rings (SSSR count). The van der Waals surface area contributed by atoms with Gasteiger partial charge < -0.3 is 9.47 Å². The van der Waals surface area contributed by atoms with Crippen molar-refractivity contribution in [1.29, 1.82) is 0 Å². The van der Waals surface area contributed by atoms with Crippen molar-refractivity contribution in [2.45, 2.75) is 51.7 Å². The molecule has 1 aromatic rings. The maximum atomic E-state index is 6.28. The van der Waals surface area contributed by atoms with Crippen molar-refractivity contribution in [3.8, 4) is 11.5 Å². The number of hydrogen-bond acceptors (Lipinski definition) is 4. The molecule has 1 saturated heterocycles. The molecule has 1 N–H and O–H groups in total. The van der Waals surface area contributed by atoms with Crippen molar-refractivity contribution in [2.75, 3.05) is 13.2 Å². The minimum atomic E-state index is 0.563. The number of ether oxygens (including phenoxy) is 2. The first kappa shape index (κ1) is 14.9. The van der Waals surface area contributed by atoms with Gasteiger partial charge in [0.15, 0.2) is 11.5 Å². The average molecular weight is 311 g/mol. The molecule has 0 spiro atoms. The number of hydrogen-bond donors (Lipinski definition) is 1. The van der Waals surface area contributed by atoms with E-state index in [0.717, 1.165) is 17.9 Å². The van der Waals surface area contributed by atoms with Gasteiger partial charge in [-0.05, 0) is 44.4 Å². The van der Waals surface area contributed by atoms with Crippen LogP contribution in [-0.2, 0) is 6.54 Å². The van der Waals surface area contributed by atoms with E-state index in [1.165, 1.54) is 19.3 Å². The smallest absolute Gasteiger partial charge is 0.179 e. The Morgan fingerprint density at radius 1 is 1.19 bits per heavy atom. The van der Waals surface area contributed by atoms with Gasteiger partial charge in [0.2, 0.25) is 0 Å². The second kappa shape index (κ2) is 6.42. The van der Waals surface area contributed by atoms with Crippen molar-refractivity contribution in [3.05, 3.63) is 22.7 Å². The monoisotopic (exact) mass is 310 g/mol. The van der Waals surface area contributed by atoms with Gasteiger partial charge in [-0.2, -0.15) is 0 Å². The first-order valence-corrected chi connectivity index (χ1v) is 8.13. The second-order valence-electron chi connectivity index (χ2n) is 5.97. The first-order chi connectivity index (χ1) is 10.1. The topological polar surface area (TPSA) is 33.7 Å². The predicted molar refractivity (Wildman–Crippen MR) is 83.9 cm³/mol. The molecule has 0 saturated carbocycles. The van der Waals surface area contributed by atoms with Gasteiger partial charge in [-0.15, -0.1) is 0 Å². The third-order valence-corrected chi connectivity index (χ3v) is 4.60. The number of halogens is 1. The molecule has 2 heterocycles. The number of nitrogens with zero attached hydrogens (tertiary/aromatic N) is 1. The average Bonchev–Trinajstić information content (AvgIpc) is 2.47. The first-order valence-electron chi connectivity index (χ1n) is 7.75. The van der Waals surface area contributed by atoms with E-state index < -0.39 is 0 Å². The summed E-state index contributed by atoms with van der Waals surface area (Å²) >= 11 is 6.28. The van der Waals surface area contributed by atoms with Crippen molar-refractivity contribution >= 4 is 11.6 Å². The molecule has 21 heavy (non-hydrogen) atoms. The van der Waals surface area contributed by atoms with Gasteiger partial charge in [-0.1, -0.05) is 18.0 Å². The zero-order valence-electron chi connectivity index (χ0n) is 12.7. The predicted octanol–water partition coefficient (Wildman–Crippen LogP) is 3.38. The van der Waals surface area contributed by atoms with E-state index in [2.05, 4.69) is 24.3 Å². The van der Waals surface area contributed by atoms with Crippen LogP contribution in [0.5, 0.6) is 11.5 Å². The number of hydrazine groups is 1. The van der Waals surface area contributed by atoms with Crippen LogP contribution in [0.15, 0.2) is 12.1 Å². The zero-order valence-corrected chi connectivity index (χ0v) is 13.4. The molecule has 5 heteroatoms. The summed E-state index contributed by atoms with van der Waals surface area (Å²) in [6.07, 6.45) is 3.81. The van der Waals surface area contributed by atoms with Crippen LogP contribution in [0.2, 0.25) is 5.02 Å². The lowest BCUT2D eigenvalue weighted by Gasteiger charge is -2.39. The lowest BCUT2D eigenvalue weighted by molar-refractivity contribution is 0.0435. The summed E-state index contributed by atoms with van der Waals surface area (Å²) in [5, 5.41) is 3.00. The Kier molecular flexibility index (Phi) is 4.57. The van der Waals surface area contributed by atoms with Crippen LogP contribution in [0.3, 0.4) is 0 Å². The molecule has 0 bridgehead atoms. The molecule has 4 nitrogen and oxygen atoms in total. The molecule has 2 atom stereocenters. The van der Waals surface area contributed by atoms with Crippen LogP contribution in [0.1, 0.15) is 38.7 Å². The van der Waals surface area contributed by atoms with E-state index in [9.17, 15) is 0 Å². The Labute approximate surface area is 131 Å². The second-order valence-corrected chi connectivity index (χ2v) is 6.38. The summed E-state index contributed by atoms with van der Waals surface area (Å²) in [5.74, 6) is 1.43. The molecule has 2 aliphatic heterocycles. The molecule has 0 amide bonds. The van der Waals surface area contributed by atoms with Gasteiger partial charge in [0.1, 0.15) is 13.2 Å². The molecule has 2 aliphatic rings. The minimum Gasteiger partial charge on any atom is -0.486 e. The summed E-state index contributed by atoms with van der Waals surface area (Å²) in [6.45, 7) is 6.46. The Morgan fingerprint density at radius 3 is 2.67 bits per heavy atom. The minimum absolute atomic E-state index is 0.563. The molecule has 0 aromatic heterocycles. The maximum Gasteiger partial charge on any atom is 0.179 e. The number of piperidine rings is 1. The Bertz CT molecular complexity index is 499. The van der Waals surface area contributed by atoms with E-state index in [1.54, 1.807) is 0 Å². The SMILES string of the molecule is CC1CCCC(C)N1NCc1cc(Cl)c2c(c1)OCCO2. The van der Waals surface area contributed by atoms with E-state index in [4.69, 9.17) is 21.1 Å². The third kappa shape index (κ3) is 3.28. The summed E-state index contributed by atoms with van der Waals surface area (Å²) in [5.41, 5.74) is 4.67. The van der Waals surface area contributed by atoms with Gasteiger partial charge in [-0.25, -0.2) is 5.01 Å². The van der Waals surface area contributed by atoms with Crippen LogP contribution >= 0.6 is 11.6 Å². The van der Waals surface area contributed by atoms with E-state index in [0.29, 0.717) is 36.1 Å². The largest absolute Gasteiger partial charge is 0.486 e. The fraction of sp³-hybridized carbons (Fsp3) is 0.625. The number of fused-ring (bicyclic) bond motifs is 1. The lowest BCUT2D eigenvalue weighted by atomic mass is 10.00. The van der Waals surface area contributed by atoms with Gasteiger partial charge in [0.25, 0.3) is 0 Å². The van der Waals surface area contributed by atoms with Crippen LogP contribution in [-0.4, -0.2) is 30.3 Å². The number of nitrogens with one attached hydrogen (secondary N) is 1.